The van der Waals surface area contributed by atoms with E-state index in [0.717, 1.165) is 36.9 Å². The Morgan fingerprint density at radius 3 is 2.67 bits per heavy atom. The lowest BCUT2D eigenvalue weighted by atomic mass is 9.98. The number of nitrogens with two attached hydrogens (primary N) is 2. The molecule has 17 heteroatoms. The van der Waals surface area contributed by atoms with Gasteiger partial charge in [-0.2, -0.15) is 9.97 Å². The minimum atomic E-state index is -4.45. The maximum absolute atomic E-state index is 14.3. The first kappa shape index (κ1) is 33.3. The number of aromatic nitrogens is 4. The molecule has 5 N–H and O–H groups in total. The molecule has 15 nitrogen and oxygen atoms in total. The molecule has 3 heterocycles. The van der Waals surface area contributed by atoms with Crippen molar-refractivity contribution in [3.63, 3.8) is 0 Å². The Morgan fingerprint density at radius 2 is 1.98 bits per heavy atom. The molecule has 2 aromatic heterocycles. The Morgan fingerprint density at radius 1 is 1.27 bits per heavy atom. The minimum Gasteiger partial charge on any atom is -0.476 e. The van der Waals surface area contributed by atoms with Crippen LogP contribution in [0.5, 0.6) is 11.6 Å². The van der Waals surface area contributed by atoms with Gasteiger partial charge in [0, 0.05) is 0 Å². The number of aliphatic hydroxyl groups excluding tert-OH is 1. The molecule has 0 amide bonds. The molecule has 3 aromatic rings. The Balaban J connectivity index is 1.36. The number of carbonyl (C=O) groups is 1. The number of rotatable bonds is 12. The van der Waals surface area contributed by atoms with E-state index in [-0.39, 0.29) is 29.3 Å². The number of carbonyl (C=O) groups excluding carboxylic acids is 1. The van der Waals surface area contributed by atoms with Crippen molar-refractivity contribution in [3.8, 4) is 11.6 Å². The molecular weight excluding hydrogens is 629 g/mol. The van der Waals surface area contributed by atoms with E-state index < -0.39 is 49.7 Å². The topological polar surface area (TPSA) is 199 Å². The first-order chi connectivity index (χ1) is 21.4. The summed E-state index contributed by atoms with van der Waals surface area (Å²) in [5, 5.41) is 11.3. The van der Waals surface area contributed by atoms with E-state index >= 15 is 0 Å². The molecule has 1 saturated heterocycles. The number of esters is 1. The van der Waals surface area contributed by atoms with Gasteiger partial charge in [0.25, 0.3) is 0 Å². The number of hydrogen-bond donors (Lipinski definition) is 3. The second kappa shape index (κ2) is 13.8. The van der Waals surface area contributed by atoms with Crippen molar-refractivity contribution in [2.45, 2.75) is 88.3 Å². The van der Waals surface area contributed by atoms with Gasteiger partial charge in [-0.3, -0.25) is 19.7 Å². The summed E-state index contributed by atoms with van der Waals surface area (Å²) in [6, 6.07) is 7.05. The fourth-order valence-electron chi connectivity index (χ4n) is 5.35. The van der Waals surface area contributed by atoms with E-state index in [2.05, 4.69) is 15.0 Å². The summed E-state index contributed by atoms with van der Waals surface area (Å²) in [7, 11) is -4.45. The van der Waals surface area contributed by atoms with Gasteiger partial charge < -0.3 is 29.6 Å². The van der Waals surface area contributed by atoms with Gasteiger partial charge in [-0.15, -0.1) is 16.4 Å². The highest BCUT2D eigenvalue weighted by atomic mass is 35.5. The number of hydrazine groups is 1. The van der Waals surface area contributed by atoms with E-state index in [0.29, 0.717) is 12.1 Å². The van der Waals surface area contributed by atoms with Crippen LogP contribution in [0.2, 0.25) is 0 Å². The molecule has 1 aliphatic heterocycles. The number of hydrogen-bond acceptors (Lipinski definition) is 13. The van der Waals surface area contributed by atoms with E-state index in [1.807, 2.05) is 0 Å². The SMILES string of the molecule is CCOc1nc(N)nc2c1ncn2[C@@H]1O[C@H](COP(=O)(Oc2ccccc2)N(N)C(C)C(=O)OC2CCCCC2)[C@@H](O)[C@@]1(C)Cl. The number of nitrogens with zero attached hydrogens (tertiary/aromatic N) is 5. The van der Waals surface area contributed by atoms with Crippen molar-refractivity contribution >= 4 is 42.4 Å². The van der Waals surface area contributed by atoms with Gasteiger partial charge in [0.15, 0.2) is 17.4 Å². The Labute approximate surface area is 265 Å². The summed E-state index contributed by atoms with van der Waals surface area (Å²) in [6.07, 6.45) is 2.23. The van der Waals surface area contributed by atoms with Crippen molar-refractivity contribution in [2.24, 2.45) is 5.84 Å². The summed E-state index contributed by atoms with van der Waals surface area (Å²) in [5.41, 5.74) is 6.50. The van der Waals surface area contributed by atoms with Crippen LogP contribution in [0.25, 0.3) is 11.2 Å². The molecule has 1 saturated carbocycles. The van der Waals surface area contributed by atoms with Gasteiger partial charge in [0.05, 0.1) is 19.5 Å². The standard InChI is InChI=1S/C28H39ClN7O8P/c1-4-40-24-21-23(33-27(30)34-24)35(16-32-21)26-28(3,29)22(37)20(43-26)15-41-45(39,44-19-13-9-6-10-14-19)36(31)17(2)25(38)42-18-11-7-5-8-12-18/h6,9-10,13-14,16-18,20,22,26,37H,4-5,7-8,11-12,15,31H2,1-3H3,(H2,30,33,34)/t17?,20-,22-,26-,28-,45?/m1/s1. The molecule has 0 spiro atoms. The zero-order chi connectivity index (χ0) is 32.4. The van der Waals surface area contributed by atoms with Crippen molar-refractivity contribution in [3.05, 3.63) is 36.7 Å². The largest absolute Gasteiger partial charge is 0.476 e. The first-order valence-electron chi connectivity index (χ1n) is 14.8. The van der Waals surface area contributed by atoms with Crippen molar-refractivity contribution < 1.29 is 37.7 Å². The van der Waals surface area contributed by atoms with Crippen LogP contribution < -0.4 is 20.8 Å². The van der Waals surface area contributed by atoms with E-state index in [1.54, 1.807) is 44.2 Å². The lowest BCUT2D eigenvalue weighted by molar-refractivity contribution is -0.155. The molecule has 1 aliphatic carbocycles. The molecule has 2 aliphatic rings. The Bertz CT molecular complexity index is 1520. The first-order valence-corrected chi connectivity index (χ1v) is 16.7. The van der Waals surface area contributed by atoms with Crippen LogP contribution in [0.15, 0.2) is 36.7 Å². The number of fused-ring (bicyclic) bond motifs is 1. The number of para-hydroxylation sites is 1. The lowest BCUT2D eigenvalue weighted by Gasteiger charge is -2.32. The highest BCUT2D eigenvalue weighted by Crippen LogP contribution is 2.53. The van der Waals surface area contributed by atoms with Crippen LogP contribution >= 0.6 is 19.3 Å². The van der Waals surface area contributed by atoms with E-state index in [1.165, 1.54) is 17.8 Å². The molecule has 2 fully saturated rings. The predicted octanol–water partition coefficient (Wildman–Crippen LogP) is 3.71. The zero-order valence-electron chi connectivity index (χ0n) is 25.3. The third kappa shape index (κ3) is 7.04. The molecule has 0 radical (unpaired) electrons. The second-order valence-corrected chi connectivity index (χ2v) is 13.8. The summed E-state index contributed by atoms with van der Waals surface area (Å²) >= 11 is 6.86. The number of ether oxygens (including phenoxy) is 3. The van der Waals surface area contributed by atoms with Crippen LogP contribution in [0.1, 0.15) is 59.1 Å². The summed E-state index contributed by atoms with van der Waals surface area (Å²) < 4.78 is 45.5. The Hall–Kier alpha value is -3.04. The summed E-state index contributed by atoms with van der Waals surface area (Å²) in [6.45, 7) is 4.67. The van der Waals surface area contributed by atoms with Gasteiger partial charge in [-0.05, 0) is 58.6 Å². The average molecular weight is 668 g/mol. The highest BCUT2D eigenvalue weighted by molar-refractivity contribution is 7.51. The van der Waals surface area contributed by atoms with Gasteiger partial charge >= 0.3 is 13.7 Å². The quantitative estimate of drug-likeness (QED) is 0.0830. The van der Waals surface area contributed by atoms with Gasteiger partial charge in [0.1, 0.15) is 35.0 Å². The smallest absolute Gasteiger partial charge is 0.475 e. The third-order valence-electron chi connectivity index (χ3n) is 7.88. The minimum absolute atomic E-state index is 0.0550. The van der Waals surface area contributed by atoms with Crippen LogP contribution in [0, 0.1) is 0 Å². The van der Waals surface area contributed by atoms with Crippen LogP contribution in [-0.4, -0.2) is 77.8 Å². The van der Waals surface area contributed by atoms with Crippen molar-refractivity contribution in [2.75, 3.05) is 18.9 Å². The predicted molar refractivity (Wildman–Crippen MR) is 164 cm³/mol. The van der Waals surface area contributed by atoms with Gasteiger partial charge in [-0.1, -0.05) is 24.6 Å². The van der Waals surface area contributed by atoms with E-state index in [9.17, 15) is 14.5 Å². The molecule has 45 heavy (non-hydrogen) atoms. The van der Waals surface area contributed by atoms with Crippen molar-refractivity contribution in [1.29, 1.82) is 0 Å². The number of nitrogen functional groups attached to an aromatic ring is 1. The second-order valence-electron chi connectivity index (χ2n) is 11.2. The number of imidazole rings is 1. The number of benzene rings is 1. The van der Waals surface area contributed by atoms with Crippen LogP contribution in [0.4, 0.5) is 5.95 Å². The molecule has 2 unspecified atom stereocenters. The maximum atomic E-state index is 14.3. The summed E-state index contributed by atoms with van der Waals surface area (Å²) in [4.78, 5) is 24.3. The van der Waals surface area contributed by atoms with Crippen LogP contribution in [-0.2, 0) is 23.4 Å². The fourth-order valence-corrected chi connectivity index (χ4v) is 7.17. The monoisotopic (exact) mass is 667 g/mol. The Kier molecular flexibility index (Phi) is 10.2. The average Bonchev–Trinajstić information content (AvgIpc) is 3.53. The number of halogens is 1. The van der Waals surface area contributed by atoms with Gasteiger partial charge in [-0.25, -0.2) is 9.55 Å². The molecule has 1 aromatic carbocycles. The molecule has 5 rings (SSSR count). The normalized spacial score (nSPS) is 26.1. The molecule has 6 atom stereocenters. The number of aliphatic hydroxyl groups is 1. The summed E-state index contributed by atoms with van der Waals surface area (Å²) in [5.74, 6) is 5.94. The van der Waals surface area contributed by atoms with E-state index in [4.69, 9.17) is 46.4 Å². The third-order valence-corrected chi connectivity index (χ3v) is 10.1. The maximum Gasteiger partial charge on any atom is 0.475 e. The van der Waals surface area contributed by atoms with Gasteiger partial charge in [0.2, 0.25) is 11.8 Å². The lowest BCUT2D eigenvalue weighted by Crippen LogP contribution is -2.45. The van der Waals surface area contributed by atoms with Crippen molar-refractivity contribution in [1.82, 2.24) is 24.3 Å². The molecule has 0 bridgehead atoms. The highest BCUT2D eigenvalue weighted by Gasteiger charge is 2.54. The van der Waals surface area contributed by atoms with Crippen LogP contribution in [0.3, 0.4) is 0 Å². The molecular formula is C28H39ClN7O8P. The number of alkyl halides is 1. The number of anilines is 1. The fraction of sp³-hybridized carbons (Fsp3) is 0.571. The zero-order valence-corrected chi connectivity index (χ0v) is 27.0. The molecule has 246 valence electrons.